The highest BCUT2D eigenvalue weighted by molar-refractivity contribution is 6.05. The minimum Gasteiger partial charge on any atom is -0.456 e. The Morgan fingerprint density at radius 1 is 0.385 bits per heavy atom. The first-order chi connectivity index (χ1) is 25.8. The maximum Gasteiger partial charge on any atom is 0.141 e. The summed E-state index contributed by atoms with van der Waals surface area (Å²) in [6.07, 6.45) is 0. The van der Waals surface area contributed by atoms with Crippen molar-refractivity contribution in [3.05, 3.63) is 210 Å². The van der Waals surface area contributed by atoms with Crippen molar-refractivity contribution in [1.82, 2.24) is 4.98 Å². The Morgan fingerprint density at radius 3 is 1.56 bits per heavy atom. The van der Waals surface area contributed by atoms with E-state index >= 15 is 0 Å². The van der Waals surface area contributed by atoms with Crippen molar-refractivity contribution < 1.29 is 4.42 Å². The van der Waals surface area contributed by atoms with Gasteiger partial charge in [-0.05, 0) is 68.3 Å². The van der Waals surface area contributed by atoms with E-state index in [4.69, 9.17) is 9.40 Å². The SMILES string of the molecule is c1ccc(-c2cc(-c3ccc(-c4cccc5c4-c4oc6ccccc6c4C54c5ccccc5-c5ccccc54)cc3)cc(-c3ccccc3)n2)cc1. The molecule has 2 heteroatoms. The fraction of sp³-hybridized carbons (Fsp3) is 0.0200. The maximum atomic E-state index is 6.91. The van der Waals surface area contributed by atoms with Crippen LogP contribution in [0.1, 0.15) is 22.3 Å². The van der Waals surface area contributed by atoms with Crippen LogP contribution in [0.3, 0.4) is 0 Å². The number of aromatic nitrogens is 1. The number of hydrogen-bond donors (Lipinski definition) is 0. The van der Waals surface area contributed by atoms with Crippen LogP contribution >= 0.6 is 0 Å². The number of fused-ring (bicyclic) bond motifs is 12. The quantitative estimate of drug-likeness (QED) is 0.188. The van der Waals surface area contributed by atoms with Crippen molar-refractivity contribution >= 4 is 11.0 Å². The summed E-state index contributed by atoms with van der Waals surface area (Å²) in [6.45, 7) is 0. The molecule has 0 aliphatic heterocycles. The van der Waals surface area contributed by atoms with E-state index in [-0.39, 0.29) is 0 Å². The molecule has 2 aliphatic carbocycles. The first-order valence-corrected chi connectivity index (χ1v) is 17.9. The third kappa shape index (κ3) is 4.03. The van der Waals surface area contributed by atoms with Gasteiger partial charge < -0.3 is 4.42 Å². The Labute approximate surface area is 302 Å². The van der Waals surface area contributed by atoms with Crippen LogP contribution in [0.25, 0.3) is 78.2 Å². The van der Waals surface area contributed by atoms with E-state index in [1.807, 2.05) is 12.1 Å². The fourth-order valence-electron chi connectivity index (χ4n) is 8.93. The van der Waals surface area contributed by atoms with E-state index in [1.54, 1.807) is 0 Å². The summed E-state index contributed by atoms with van der Waals surface area (Å²) in [5, 5.41) is 1.17. The third-order valence-electron chi connectivity index (χ3n) is 11.1. The van der Waals surface area contributed by atoms with Crippen LogP contribution in [0.15, 0.2) is 192 Å². The lowest BCUT2D eigenvalue weighted by molar-refractivity contribution is 0.629. The van der Waals surface area contributed by atoms with Crippen LogP contribution < -0.4 is 0 Å². The molecule has 0 bridgehead atoms. The summed E-state index contributed by atoms with van der Waals surface area (Å²) < 4.78 is 6.91. The van der Waals surface area contributed by atoms with E-state index in [1.165, 1.54) is 49.9 Å². The van der Waals surface area contributed by atoms with Crippen LogP contribution in [-0.2, 0) is 5.41 Å². The molecule has 0 unspecified atom stereocenters. The Bertz CT molecular complexity index is 2730. The van der Waals surface area contributed by atoms with Crippen LogP contribution in [0.4, 0.5) is 0 Å². The zero-order chi connectivity index (χ0) is 34.2. The molecule has 9 aromatic rings. The van der Waals surface area contributed by atoms with Gasteiger partial charge >= 0.3 is 0 Å². The van der Waals surface area contributed by atoms with Gasteiger partial charge in [-0.15, -0.1) is 0 Å². The molecule has 0 saturated heterocycles. The summed E-state index contributed by atoms with van der Waals surface area (Å²) in [7, 11) is 0. The summed E-state index contributed by atoms with van der Waals surface area (Å²) in [5.74, 6) is 0.969. The molecule has 11 rings (SSSR count). The van der Waals surface area contributed by atoms with Gasteiger partial charge in [-0.2, -0.15) is 0 Å². The number of benzene rings is 7. The van der Waals surface area contributed by atoms with Crippen LogP contribution in [0.5, 0.6) is 0 Å². The predicted octanol–water partition coefficient (Wildman–Crippen LogP) is 12.8. The molecule has 2 heterocycles. The van der Waals surface area contributed by atoms with Gasteiger partial charge in [0, 0.05) is 27.6 Å². The van der Waals surface area contributed by atoms with Gasteiger partial charge in [0.1, 0.15) is 11.3 Å². The first-order valence-electron chi connectivity index (χ1n) is 17.9. The zero-order valence-electron chi connectivity index (χ0n) is 28.3. The normalized spacial score (nSPS) is 13.2. The van der Waals surface area contributed by atoms with Crippen molar-refractivity contribution in [3.8, 4) is 67.2 Å². The molecule has 7 aromatic carbocycles. The van der Waals surface area contributed by atoms with Crippen molar-refractivity contribution in [2.75, 3.05) is 0 Å². The standard InChI is InChI=1S/C50H31NO/c1-3-14-34(15-4-1)44-30-36(31-45(51-44)35-16-5-2-6-17-35)32-26-28-33(29-27-32)37-21-13-24-43-47(37)49-48(40-20-9-12-25-46(40)52-49)50(43)41-22-10-7-18-38(41)39-19-8-11-23-42(39)50/h1-31H. The van der Waals surface area contributed by atoms with Gasteiger partial charge in [0.2, 0.25) is 0 Å². The van der Waals surface area contributed by atoms with Gasteiger partial charge in [0.05, 0.1) is 16.8 Å². The Kier molecular flexibility index (Phi) is 6.20. The lowest BCUT2D eigenvalue weighted by Gasteiger charge is -2.30. The molecular formula is C50H31NO. The maximum absolute atomic E-state index is 6.91. The van der Waals surface area contributed by atoms with Crippen LogP contribution in [0.2, 0.25) is 0 Å². The van der Waals surface area contributed by atoms with Gasteiger partial charge in [-0.25, -0.2) is 4.98 Å². The minimum atomic E-state index is -0.473. The van der Waals surface area contributed by atoms with Crippen molar-refractivity contribution in [1.29, 1.82) is 0 Å². The Morgan fingerprint density at radius 2 is 0.904 bits per heavy atom. The zero-order valence-corrected chi connectivity index (χ0v) is 28.3. The second-order valence-electron chi connectivity index (χ2n) is 13.8. The first kappa shape index (κ1) is 29.0. The molecule has 2 aliphatic rings. The van der Waals surface area contributed by atoms with Crippen molar-refractivity contribution in [2.45, 2.75) is 5.41 Å². The van der Waals surface area contributed by atoms with E-state index in [9.17, 15) is 0 Å². The second-order valence-corrected chi connectivity index (χ2v) is 13.8. The number of rotatable bonds is 4. The average Bonchev–Trinajstić information content (AvgIpc) is 3.85. The summed E-state index contributed by atoms with van der Waals surface area (Å²) in [4.78, 5) is 5.10. The molecule has 1 spiro atoms. The van der Waals surface area contributed by atoms with Crippen LogP contribution in [-0.4, -0.2) is 4.98 Å². The Balaban J connectivity index is 1.11. The topological polar surface area (TPSA) is 26.0 Å². The van der Waals surface area contributed by atoms with Gasteiger partial charge in [-0.3, -0.25) is 0 Å². The van der Waals surface area contributed by atoms with Crippen LogP contribution in [0, 0.1) is 0 Å². The fourth-order valence-corrected chi connectivity index (χ4v) is 8.93. The third-order valence-corrected chi connectivity index (χ3v) is 11.1. The molecule has 0 fully saturated rings. The minimum absolute atomic E-state index is 0.473. The Hall–Kier alpha value is -6.77. The number of hydrogen-bond acceptors (Lipinski definition) is 2. The van der Waals surface area contributed by atoms with E-state index < -0.39 is 5.41 Å². The largest absolute Gasteiger partial charge is 0.456 e. The molecule has 52 heavy (non-hydrogen) atoms. The van der Waals surface area contributed by atoms with Crippen molar-refractivity contribution in [2.24, 2.45) is 0 Å². The number of furan rings is 1. The second kappa shape index (κ2) is 11.1. The highest BCUT2D eigenvalue weighted by atomic mass is 16.3. The van der Waals surface area contributed by atoms with E-state index in [0.717, 1.165) is 50.5 Å². The van der Waals surface area contributed by atoms with Gasteiger partial charge in [0.15, 0.2) is 0 Å². The molecule has 2 nitrogen and oxygen atoms in total. The monoisotopic (exact) mass is 661 g/mol. The molecule has 0 amide bonds. The number of para-hydroxylation sites is 1. The molecule has 0 N–H and O–H groups in total. The summed E-state index contributed by atoms with van der Waals surface area (Å²) in [6, 6.07) is 67.5. The van der Waals surface area contributed by atoms with E-state index in [2.05, 4.69) is 176 Å². The number of pyridine rings is 1. The molecule has 242 valence electrons. The highest BCUT2D eigenvalue weighted by Gasteiger charge is 2.54. The van der Waals surface area contributed by atoms with E-state index in [0.29, 0.717) is 0 Å². The average molecular weight is 662 g/mol. The molecular weight excluding hydrogens is 631 g/mol. The predicted molar refractivity (Wildman–Crippen MR) is 212 cm³/mol. The highest BCUT2D eigenvalue weighted by Crippen LogP contribution is 2.66. The summed E-state index contributed by atoms with van der Waals surface area (Å²) >= 11 is 0. The smallest absolute Gasteiger partial charge is 0.141 e. The molecule has 0 radical (unpaired) electrons. The van der Waals surface area contributed by atoms with Crippen molar-refractivity contribution in [3.63, 3.8) is 0 Å². The van der Waals surface area contributed by atoms with Gasteiger partial charge in [0.25, 0.3) is 0 Å². The van der Waals surface area contributed by atoms with Gasteiger partial charge in [-0.1, -0.05) is 170 Å². The number of nitrogens with zero attached hydrogens (tertiary/aromatic N) is 1. The summed E-state index contributed by atoms with van der Waals surface area (Å²) in [5.41, 5.74) is 18.1. The lowest BCUT2D eigenvalue weighted by Crippen LogP contribution is -2.25. The molecule has 2 aromatic heterocycles. The lowest BCUT2D eigenvalue weighted by atomic mass is 9.70. The molecule has 0 atom stereocenters. The molecule has 0 saturated carbocycles.